The summed E-state index contributed by atoms with van der Waals surface area (Å²) in [6.07, 6.45) is 0.994. The average molecular weight is 551 g/mol. The number of hydrogen-bond donors (Lipinski definition) is 2. The van der Waals surface area contributed by atoms with Gasteiger partial charge in [-0.1, -0.05) is 48.5 Å². The van der Waals surface area contributed by atoms with Crippen molar-refractivity contribution in [3.05, 3.63) is 71.8 Å². The second kappa shape index (κ2) is 11.2. The zero-order valence-corrected chi connectivity index (χ0v) is 23.6. The van der Waals surface area contributed by atoms with Crippen LogP contribution in [0.5, 0.6) is 0 Å². The van der Waals surface area contributed by atoms with Gasteiger partial charge in [0.25, 0.3) is 5.91 Å². The Labute approximate surface area is 229 Å². The second-order valence-electron chi connectivity index (χ2n) is 10.1. The Bertz CT molecular complexity index is 1540. The van der Waals surface area contributed by atoms with E-state index in [4.69, 9.17) is 0 Å². The van der Waals surface area contributed by atoms with Gasteiger partial charge in [-0.25, -0.2) is 8.42 Å². The standard InChI is InChI=1S/C29H34N4O5S/c1-18-14-15-21-10-6-7-11-22(21)23(18)16-32-24-12-8-9-13-25(24)33(26(34)17-39(5,37)38)20(3)27(29(32)36)31-28(35)19(2)30-4/h6-15,19-20,27,30H,16-17H2,1-5H3,(H,31,35)/t19?,20-,27-/m0/s1. The van der Waals surface area contributed by atoms with E-state index in [2.05, 4.69) is 10.6 Å². The number of benzene rings is 3. The molecule has 3 atom stereocenters. The van der Waals surface area contributed by atoms with Gasteiger partial charge in [0.05, 0.1) is 30.0 Å². The van der Waals surface area contributed by atoms with E-state index in [0.717, 1.165) is 28.2 Å². The van der Waals surface area contributed by atoms with Crippen molar-refractivity contribution in [1.29, 1.82) is 0 Å². The molecule has 0 aromatic heterocycles. The fourth-order valence-corrected chi connectivity index (χ4v) is 5.57. The summed E-state index contributed by atoms with van der Waals surface area (Å²) in [5, 5.41) is 7.71. The number of hydrogen-bond acceptors (Lipinski definition) is 6. The molecule has 3 amide bonds. The highest BCUT2D eigenvalue weighted by atomic mass is 32.2. The number of nitrogens with zero attached hydrogens (tertiary/aromatic N) is 2. The van der Waals surface area contributed by atoms with Crippen LogP contribution in [0, 0.1) is 6.92 Å². The van der Waals surface area contributed by atoms with Crippen LogP contribution in [-0.4, -0.2) is 63.3 Å². The van der Waals surface area contributed by atoms with Crippen LogP contribution in [0.2, 0.25) is 0 Å². The maximum Gasteiger partial charge on any atom is 0.252 e. The van der Waals surface area contributed by atoms with Crippen LogP contribution in [-0.2, 0) is 30.8 Å². The summed E-state index contributed by atoms with van der Waals surface area (Å²) in [6, 6.07) is 16.3. The molecule has 2 N–H and O–H groups in total. The molecule has 9 nitrogen and oxygen atoms in total. The Hall–Kier alpha value is -3.76. The minimum atomic E-state index is -3.66. The maximum atomic E-state index is 14.3. The lowest BCUT2D eigenvalue weighted by molar-refractivity contribution is -0.129. The first kappa shape index (κ1) is 28.3. The minimum absolute atomic E-state index is 0.192. The summed E-state index contributed by atoms with van der Waals surface area (Å²) in [5.41, 5.74) is 2.80. The molecule has 0 fully saturated rings. The highest BCUT2D eigenvalue weighted by Crippen LogP contribution is 2.37. The lowest BCUT2D eigenvalue weighted by Gasteiger charge is -2.32. The molecule has 0 aliphatic carbocycles. The van der Waals surface area contributed by atoms with Crippen molar-refractivity contribution in [3.63, 3.8) is 0 Å². The van der Waals surface area contributed by atoms with Gasteiger partial charge >= 0.3 is 0 Å². The van der Waals surface area contributed by atoms with Crippen molar-refractivity contribution >= 4 is 49.7 Å². The zero-order chi connectivity index (χ0) is 28.5. The van der Waals surface area contributed by atoms with Gasteiger partial charge in [-0.3, -0.25) is 14.4 Å². The fourth-order valence-electron chi connectivity index (χ4n) is 4.98. The maximum absolute atomic E-state index is 14.3. The van der Waals surface area contributed by atoms with Gasteiger partial charge in [0.1, 0.15) is 11.8 Å². The number of amides is 3. The van der Waals surface area contributed by atoms with Gasteiger partial charge in [-0.2, -0.15) is 0 Å². The topological polar surface area (TPSA) is 116 Å². The molecule has 0 radical (unpaired) electrons. The van der Waals surface area contributed by atoms with Crippen LogP contribution in [0.15, 0.2) is 60.7 Å². The minimum Gasteiger partial charge on any atom is -0.341 e. The van der Waals surface area contributed by atoms with Gasteiger partial charge in [0.15, 0.2) is 9.84 Å². The summed E-state index contributed by atoms with van der Waals surface area (Å²) >= 11 is 0. The normalized spacial score (nSPS) is 18.4. The van der Waals surface area contributed by atoms with E-state index in [1.807, 2.05) is 43.3 Å². The quantitative estimate of drug-likeness (QED) is 0.467. The van der Waals surface area contributed by atoms with Gasteiger partial charge in [-0.05, 0) is 61.9 Å². The van der Waals surface area contributed by atoms with E-state index >= 15 is 0 Å². The molecule has 3 aromatic rings. The van der Waals surface area contributed by atoms with Gasteiger partial charge in [0.2, 0.25) is 11.8 Å². The fraction of sp³-hybridized carbons (Fsp3) is 0.345. The number of carbonyl (C=O) groups is 3. The number of carbonyl (C=O) groups excluding carboxylic acids is 3. The summed E-state index contributed by atoms with van der Waals surface area (Å²) in [7, 11) is -2.03. The number of sulfone groups is 1. The van der Waals surface area contributed by atoms with Crippen LogP contribution < -0.4 is 20.4 Å². The van der Waals surface area contributed by atoms with Gasteiger partial charge in [0, 0.05) is 6.26 Å². The van der Waals surface area contributed by atoms with E-state index in [-0.39, 0.29) is 6.54 Å². The molecular weight excluding hydrogens is 516 g/mol. The Morgan fingerprint density at radius 3 is 2.31 bits per heavy atom. The molecule has 206 valence electrons. The largest absolute Gasteiger partial charge is 0.341 e. The summed E-state index contributed by atoms with van der Waals surface area (Å²) in [4.78, 5) is 43.7. The monoisotopic (exact) mass is 550 g/mol. The highest BCUT2D eigenvalue weighted by molar-refractivity contribution is 7.91. The van der Waals surface area contributed by atoms with Crippen molar-refractivity contribution in [2.45, 2.75) is 45.4 Å². The van der Waals surface area contributed by atoms with Crippen LogP contribution in [0.25, 0.3) is 10.8 Å². The third-order valence-corrected chi connectivity index (χ3v) is 7.99. The predicted molar refractivity (Wildman–Crippen MR) is 153 cm³/mol. The number of likely N-dealkylation sites (N-methyl/N-ethyl adjacent to an activating group) is 1. The first-order valence-electron chi connectivity index (χ1n) is 12.8. The van der Waals surface area contributed by atoms with Gasteiger partial charge < -0.3 is 20.4 Å². The molecule has 39 heavy (non-hydrogen) atoms. The van der Waals surface area contributed by atoms with Gasteiger partial charge in [-0.15, -0.1) is 0 Å². The molecule has 10 heteroatoms. The Morgan fingerprint density at radius 1 is 1.00 bits per heavy atom. The Balaban J connectivity index is 1.90. The van der Waals surface area contributed by atoms with Crippen molar-refractivity contribution in [3.8, 4) is 0 Å². The van der Waals surface area contributed by atoms with E-state index in [0.29, 0.717) is 11.4 Å². The number of anilines is 2. The van der Waals surface area contributed by atoms with Crippen LogP contribution >= 0.6 is 0 Å². The molecule has 3 aromatic carbocycles. The summed E-state index contributed by atoms with van der Waals surface area (Å²) in [5.74, 6) is -2.20. The molecule has 1 aliphatic rings. The lowest BCUT2D eigenvalue weighted by Crippen LogP contribution is -2.60. The van der Waals surface area contributed by atoms with E-state index in [1.165, 1.54) is 4.90 Å². The van der Waals surface area contributed by atoms with E-state index < -0.39 is 51.4 Å². The predicted octanol–water partition coefficient (Wildman–Crippen LogP) is 2.55. The molecule has 4 rings (SSSR count). The first-order valence-corrected chi connectivity index (χ1v) is 14.8. The van der Waals surface area contributed by atoms with Crippen LogP contribution in [0.1, 0.15) is 25.0 Å². The van der Waals surface area contributed by atoms with Crippen LogP contribution in [0.4, 0.5) is 11.4 Å². The van der Waals surface area contributed by atoms with Crippen molar-refractivity contribution < 1.29 is 22.8 Å². The SMILES string of the molecule is CNC(C)C(=O)N[C@@H]1C(=O)N(Cc2c(C)ccc3ccccc23)c2ccccc2N(C(=O)CS(C)(=O)=O)[C@H]1C. The molecule has 0 saturated carbocycles. The number of fused-ring (bicyclic) bond motifs is 2. The number of nitrogens with one attached hydrogen (secondary N) is 2. The molecule has 1 heterocycles. The second-order valence-corrected chi connectivity index (χ2v) is 12.2. The molecular formula is C29H34N4O5S. The number of rotatable bonds is 7. The number of aryl methyl sites for hydroxylation is 1. The summed E-state index contributed by atoms with van der Waals surface area (Å²) in [6.45, 7) is 5.49. The molecule has 0 bridgehead atoms. The third kappa shape index (κ3) is 5.81. The van der Waals surface area contributed by atoms with Crippen molar-refractivity contribution in [2.75, 3.05) is 28.9 Å². The highest BCUT2D eigenvalue weighted by Gasteiger charge is 2.42. The Kier molecular flexibility index (Phi) is 8.08. The van der Waals surface area contributed by atoms with E-state index in [1.54, 1.807) is 50.1 Å². The van der Waals surface area contributed by atoms with Crippen LogP contribution in [0.3, 0.4) is 0 Å². The molecule has 1 aliphatic heterocycles. The number of para-hydroxylation sites is 2. The molecule has 0 saturated heterocycles. The zero-order valence-electron chi connectivity index (χ0n) is 22.8. The van der Waals surface area contributed by atoms with E-state index in [9.17, 15) is 22.8 Å². The summed E-state index contributed by atoms with van der Waals surface area (Å²) < 4.78 is 24.2. The molecule has 0 spiro atoms. The smallest absolute Gasteiger partial charge is 0.252 e. The lowest BCUT2D eigenvalue weighted by atomic mass is 9.98. The first-order chi connectivity index (χ1) is 18.4. The molecule has 1 unspecified atom stereocenters. The van der Waals surface area contributed by atoms with Crippen molar-refractivity contribution in [2.24, 2.45) is 0 Å². The third-order valence-electron chi connectivity index (χ3n) is 7.22. The Morgan fingerprint density at radius 2 is 1.64 bits per heavy atom. The van der Waals surface area contributed by atoms with Crippen molar-refractivity contribution in [1.82, 2.24) is 10.6 Å². The average Bonchev–Trinajstić information content (AvgIpc) is 2.97.